The van der Waals surface area contributed by atoms with Crippen LogP contribution in [0.1, 0.15) is 31.4 Å². The van der Waals surface area contributed by atoms with Crippen molar-refractivity contribution in [2.75, 3.05) is 5.32 Å². The van der Waals surface area contributed by atoms with Gasteiger partial charge in [-0.2, -0.15) is 0 Å². The Bertz CT molecular complexity index is 803. The normalized spacial score (nSPS) is 15.9. The van der Waals surface area contributed by atoms with E-state index in [0.29, 0.717) is 6.04 Å². The highest BCUT2D eigenvalue weighted by Crippen LogP contribution is 2.28. The first-order valence-corrected chi connectivity index (χ1v) is 7.59. The van der Waals surface area contributed by atoms with Crippen molar-refractivity contribution in [1.29, 1.82) is 0 Å². The van der Waals surface area contributed by atoms with E-state index < -0.39 is 6.10 Å². The van der Waals surface area contributed by atoms with Gasteiger partial charge in [0.25, 0.3) is 0 Å². The lowest BCUT2D eigenvalue weighted by Crippen LogP contribution is -2.05. The van der Waals surface area contributed by atoms with E-state index in [4.69, 9.17) is 0 Å². The van der Waals surface area contributed by atoms with Gasteiger partial charge in [0.15, 0.2) is 11.5 Å². The quantitative estimate of drug-likeness (QED) is 0.776. The van der Waals surface area contributed by atoms with E-state index in [1.54, 1.807) is 13.1 Å². The molecule has 112 valence electrons. The van der Waals surface area contributed by atoms with Gasteiger partial charge in [-0.1, -0.05) is 24.3 Å². The van der Waals surface area contributed by atoms with E-state index in [2.05, 4.69) is 19.7 Å². The molecule has 0 amide bonds. The minimum atomic E-state index is -0.449. The maximum atomic E-state index is 9.61. The Balaban J connectivity index is 1.75. The summed E-state index contributed by atoms with van der Waals surface area (Å²) in [5.74, 6) is 0.844. The van der Waals surface area contributed by atoms with Gasteiger partial charge in [-0.3, -0.25) is 4.40 Å². The Kier molecular flexibility index (Phi) is 3.08. The fourth-order valence-corrected chi connectivity index (χ4v) is 2.59. The van der Waals surface area contributed by atoms with Crippen molar-refractivity contribution in [1.82, 2.24) is 14.4 Å². The number of fused-ring (bicyclic) bond motifs is 1. The smallest absolute Gasteiger partial charge is 0.180 e. The Hall–Kier alpha value is -2.40. The number of nitrogens with zero attached hydrogens (tertiary/aromatic N) is 3. The lowest BCUT2D eigenvalue weighted by molar-refractivity contribution is 0.199. The predicted molar refractivity (Wildman–Crippen MR) is 85.7 cm³/mol. The Morgan fingerprint density at radius 3 is 2.68 bits per heavy atom. The molecule has 1 atom stereocenters. The molecule has 1 aliphatic rings. The second-order valence-corrected chi connectivity index (χ2v) is 5.83. The summed E-state index contributed by atoms with van der Waals surface area (Å²) in [5.41, 5.74) is 3.85. The first kappa shape index (κ1) is 13.3. The van der Waals surface area contributed by atoms with Crippen LogP contribution in [0.5, 0.6) is 0 Å². The van der Waals surface area contributed by atoms with Crippen LogP contribution in [0.4, 0.5) is 5.82 Å². The molecule has 1 aliphatic carbocycles. The molecule has 2 aromatic heterocycles. The van der Waals surface area contributed by atoms with Gasteiger partial charge in [-0.25, -0.2) is 9.97 Å². The summed E-state index contributed by atoms with van der Waals surface area (Å²) >= 11 is 0. The van der Waals surface area contributed by atoms with Crippen LogP contribution in [0.2, 0.25) is 0 Å². The summed E-state index contributed by atoms with van der Waals surface area (Å²) in [7, 11) is 0. The number of hydrogen-bond donors (Lipinski definition) is 2. The largest absolute Gasteiger partial charge is 0.389 e. The molecule has 1 saturated carbocycles. The molecular weight excluding hydrogens is 276 g/mol. The summed E-state index contributed by atoms with van der Waals surface area (Å²) in [6, 6.07) is 8.47. The lowest BCUT2D eigenvalue weighted by Gasteiger charge is -2.08. The minimum Gasteiger partial charge on any atom is -0.389 e. The molecule has 0 radical (unpaired) electrons. The number of aromatic nitrogens is 3. The van der Waals surface area contributed by atoms with Gasteiger partial charge in [0.2, 0.25) is 0 Å². The van der Waals surface area contributed by atoms with Crippen molar-refractivity contribution in [3.05, 3.63) is 48.4 Å². The molecular formula is C17H18N4O. The highest BCUT2D eigenvalue weighted by atomic mass is 16.3. The van der Waals surface area contributed by atoms with Gasteiger partial charge in [0.1, 0.15) is 0 Å². The van der Waals surface area contributed by atoms with E-state index in [0.717, 1.165) is 28.3 Å². The zero-order chi connectivity index (χ0) is 15.1. The van der Waals surface area contributed by atoms with Crippen molar-refractivity contribution >= 4 is 11.5 Å². The molecule has 2 N–H and O–H groups in total. The maximum Gasteiger partial charge on any atom is 0.180 e. The van der Waals surface area contributed by atoms with Crippen molar-refractivity contribution < 1.29 is 5.11 Å². The third-order valence-corrected chi connectivity index (χ3v) is 4.04. The van der Waals surface area contributed by atoms with E-state index in [-0.39, 0.29) is 0 Å². The van der Waals surface area contributed by atoms with Crippen LogP contribution in [0.3, 0.4) is 0 Å². The molecule has 2 heterocycles. The summed E-state index contributed by atoms with van der Waals surface area (Å²) in [6.45, 7) is 1.77. The highest BCUT2D eigenvalue weighted by molar-refractivity contribution is 5.71. The van der Waals surface area contributed by atoms with Gasteiger partial charge in [-0.05, 0) is 25.3 Å². The number of aliphatic hydroxyl groups excluding tert-OH is 1. The number of imidazole rings is 1. The van der Waals surface area contributed by atoms with Gasteiger partial charge in [0.05, 0.1) is 18.0 Å². The highest BCUT2D eigenvalue weighted by Gasteiger charge is 2.23. The van der Waals surface area contributed by atoms with Crippen LogP contribution in [0.15, 0.2) is 42.9 Å². The van der Waals surface area contributed by atoms with E-state index >= 15 is 0 Å². The van der Waals surface area contributed by atoms with Crippen LogP contribution in [0.25, 0.3) is 16.9 Å². The van der Waals surface area contributed by atoms with Crippen LogP contribution < -0.4 is 5.32 Å². The fraction of sp³-hybridized carbons (Fsp3) is 0.294. The third kappa shape index (κ3) is 2.33. The molecule has 4 rings (SSSR count). The van der Waals surface area contributed by atoms with Crippen molar-refractivity contribution in [3.8, 4) is 11.3 Å². The molecule has 0 bridgehead atoms. The molecule has 1 aromatic carbocycles. The molecule has 3 aromatic rings. The SMILES string of the molecule is CC(O)c1ccc(-c2cnc3c(NC4CC4)nccn23)cc1. The number of benzene rings is 1. The van der Waals surface area contributed by atoms with Crippen molar-refractivity contribution in [3.63, 3.8) is 0 Å². The first-order valence-electron chi connectivity index (χ1n) is 7.59. The van der Waals surface area contributed by atoms with Crippen LogP contribution in [0, 0.1) is 0 Å². The standard InChI is InChI=1S/C17H18N4O/c1-11(22)12-2-4-13(5-3-12)15-10-19-17-16(20-14-6-7-14)18-8-9-21(15)17/h2-5,8-11,14,22H,6-7H2,1H3,(H,18,20). The van der Waals surface area contributed by atoms with Crippen LogP contribution in [-0.2, 0) is 0 Å². The zero-order valence-corrected chi connectivity index (χ0v) is 12.4. The fourth-order valence-electron chi connectivity index (χ4n) is 2.59. The monoisotopic (exact) mass is 294 g/mol. The second-order valence-electron chi connectivity index (χ2n) is 5.83. The van der Waals surface area contributed by atoms with Gasteiger partial charge < -0.3 is 10.4 Å². The molecule has 0 saturated heterocycles. The van der Waals surface area contributed by atoms with Gasteiger partial charge >= 0.3 is 0 Å². The minimum absolute atomic E-state index is 0.449. The molecule has 1 fully saturated rings. The molecule has 5 nitrogen and oxygen atoms in total. The van der Waals surface area contributed by atoms with Crippen molar-refractivity contribution in [2.24, 2.45) is 0 Å². The van der Waals surface area contributed by atoms with E-state index in [1.165, 1.54) is 12.8 Å². The molecule has 5 heteroatoms. The molecule has 0 aliphatic heterocycles. The van der Waals surface area contributed by atoms with Crippen molar-refractivity contribution in [2.45, 2.75) is 31.9 Å². The third-order valence-electron chi connectivity index (χ3n) is 4.04. The molecule has 22 heavy (non-hydrogen) atoms. The van der Waals surface area contributed by atoms with Crippen LogP contribution in [-0.4, -0.2) is 25.5 Å². The first-order chi connectivity index (χ1) is 10.7. The predicted octanol–water partition coefficient (Wildman–Crippen LogP) is 3.02. The maximum absolute atomic E-state index is 9.61. The average molecular weight is 294 g/mol. The lowest BCUT2D eigenvalue weighted by atomic mass is 10.1. The molecule has 1 unspecified atom stereocenters. The van der Waals surface area contributed by atoms with E-state index in [1.807, 2.05) is 36.7 Å². The average Bonchev–Trinajstić information content (AvgIpc) is 3.24. The zero-order valence-electron chi connectivity index (χ0n) is 12.4. The summed E-state index contributed by atoms with van der Waals surface area (Å²) in [4.78, 5) is 8.93. The van der Waals surface area contributed by atoms with Gasteiger partial charge in [0, 0.05) is 24.0 Å². The number of anilines is 1. The Morgan fingerprint density at radius 2 is 2.00 bits per heavy atom. The number of rotatable bonds is 4. The second kappa shape index (κ2) is 5.10. The van der Waals surface area contributed by atoms with Gasteiger partial charge in [-0.15, -0.1) is 0 Å². The summed E-state index contributed by atoms with van der Waals surface area (Å²) in [5, 5.41) is 13.0. The summed E-state index contributed by atoms with van der Waals surface area (Å²) in [6.07, 6.45) is 7.56. The summed E-state index contributed by atoms with van der Waals surface area (Å²) < 4.78 is 2.05. The Labute approximate surface area is 128 Å². The topological polar surface area (TPSA) is 62.5 Å². The Morgan fingerprint density at radius 1 is 1.23 bits per heavy atom. The number of nitrogens with one attached hydrogen (secondary N) is 1. The van der Waals surface area contributed by atoms with E-state index in [9.17, 15) is 5.11 Å². The van der Waals surface area contributed by atoms with Crippen LogP contribution >= 0.6 is 0 Å². The molecule has 0 spiro atoms. The number of hydrogen-bond acceptors (Lipinski definition) is 4. The number of aliphatic hydroxyl groups is 1.